The van der Waals surface area contributed by atoms with E-state index in [0.29, 0.717) is 18.0 Å². The lowest BCUT2D eigenvalue weighted by molar-refractivity contribution is 0.364. The fourth-order valence-corrected chi connectivity index (χ4v) is 3.05. The maximum Gasteiger partial charge on any atom is 0.128 e. The lowest BCUT2D eigenvalue weighted by Crippen LogP contribution is -2.44. The van der Waals surface area contributed by atoms with Crippen molar-refractivity contribution in [2.75, 3.05) is 5.88 Å². The minimum atomic E-state index is -0.172. The van der Waals surface area contributed by atoms with E-state index in [9.17, 15) is 4.39 Å². The Balaban J connectivity index is 2.01. The molecular weight excluding hydrogens is 305 g/mol. The topological polar surface area (TPSA) is 12.0 Å². The van der Waals surface area contributed by atoms with Gasteiger partial charge in [0.15, 0.2) is 0 Å². The summed E-state index contributed by atoms with van der Waals surface area (Å²) < 4.78 is 14.4. The lowest BCUT2D eigenvalue weighted by atomic mass is 10.00. The molecule has 0 bridgehead atoms. The number of nitrogens with one attached hydrogen (secondary N) is 1. The highest BCUT2D eigenvalue weighted by molar-refractivity contribution is 9.10. The van der Waals surface area contributed by atoms with Gasteiger partial charge < -0.3 is 5.32 Å². The minimum Gasteiger partial charge on any atom is -0.306 e. The second-order valence-electron chi connectivity index (χ2n) is 4.71. The van der Waals surface area contributed by atoms with Crippen LogP contribution in [0.15, 0.2) is 22.7 Å². The van der Waals surface area contributed by atoms with E-state index in [1.807, 2.05) is 12.1 Å². The summed E-state index contributed by atoms with van der Waals surface area (Å²) >= 11 is 9.29. The van der Waals surface area contributed by atoms with Crippen LogP contribution in [0.25, 0.3) is 0 Å². The first-order valence-electron chi connectivity index (χ1n) is 5.90. The highest BCUT2D eigenvalue weighted by atomic mass is 79.9. The van der Waals surface area contributed by atoms with Gasteiger partial charge in [0.25, 0.3) is 0 Å². The van der Waals surface area contributed by atoms with E-state index >= 15 is 0 Å². The Morgan fingerprint density at radius 3 is 2.65 bits per heavy atom. The average molecular weight is 321 g/mol. The fraction of sp³-hybridized carbons (Fsp3) is 0.538. The van der Waals surface area contributed by atoms with E-state index in [2.05, 4.69) is 21.2 Å². The van der Waals surface area contributed by atoms with Gasteiger partial charge in [-0.05, 0) is 25.0 Å². The largest absolute Gasteiger partial charge is 0.306 e. The zero-order valence-corrected chi connectivity index (χ0v) is 12.0. The van der Waals surface area contributed by atoms with Crippen LogP contribution in [-0.2, 0) is 6.54 Å². The van der Waals surface area contributed by atoms with E-state index in [-0.39, 0.29) is 11.4 Å². The molecule has 4 heteroatoms. The maximum absolute atomic E-state index is 13.7. The quantitative estimate of drug-likeness (QED) is 0.819. The van der Waals surface area contributed by atoms with E-state index < -0.39 is 0 Å². The summed E-state index contributed by atoms with van der Waals surface area (Å²) in [6.45, 7) is 0.547. The van der Waals surface area contributed by atoms with E-state index in [0.717, 1.165) is 17.3 Å². The van der Waals surface area contributed by atoms with Crippen LogP contribution < -0.4 is 5.32 Å². The van der Waals surface area contributed by atoms with Gasteiger partial charge in [0.05, 0.1) is 0 Å². The molecule has 1 N–H and O–H groups in total. The molecule has 1 saturated carbocycles. The summed E-state index contributed by atoms with van der Waals surface area (Å²) in [4.78, 5) is 0. The second-order valence-corrected chi connectivity index (χ2v) is 5.89. The first-order valence-corrected chi connectivity index (χ1v) is 7.23. The number of hydrogen-bond acceptors (Lipinski definition) is 1. The zero-order chi connectivity index (χ0) is 12.3. The monoisotopic (exact) mass is 319 g/mol. The van der Waals surface area contributed by atoms with Crippen LogP contribution in [0.3, 0.4) is 0 Å². The molecule has 1 aliphatic carbocycles. The Bertz CT molecular complexity index is 391. The van der Waals surface area contributed by atoms with Gasteiger partial charge in [-0.15, -0.1) is 11.6 Å². The normalized spacial score (nSPS) is 18.5. The maximum atomic E-state index is 13.7. The number of benzene rings is 1. The molecule has 1 aliphatic rings. The molecule has 0 atom stereocenters. The van der Waals surface area contributed by atoms with Crippen LogP contribution in [0.2, 0.25) is 0 Å². The Morgan fingerprint density at radius 1 is 1.35 bits per heavy atom. The van der Waals surface area contributed by atoms with Gasteiger partial charge in [0.2, 0.25) is 0 Å². The second kappa shape index (κ2) is 5.68. The Labute approximate surface area is 115 Å². The van der Waals surface area contributed by atoms with Gasteiger partial charge in [-0.1, -0.05) is 34.8 Å². The molecular formula is C13H16BrClFN. The van der Waals surface area contributed by atoms with Crippen molar-refractivity contribution in [3.05, 3.63) is 34.1 Å². The van der Waals surface area contributed by atoms with Crippen molar-refractivity contribution in [3.63, 3.8) is 0 Å². The van der Waals surface area contributed by atoms with E-state index in [1.54, 1.807) is 0 Å². The predicted molar refractivity (Wildman–Crippen MR) is 72.9 cm³/mol. The Morgan fingerprint density at radius 2 is 2.06 bits per heavy atom. The van der Waals surface area contributed by atoms with Crippen molar-refractivity contribution >= 4 is 27.5 Å². The SMILES string of the molecule is Fc1cc(Br)ccc1CNC1(CCl)CCCC1. The number of alkyl halides is 1. The van der Waals surface area contributed by atoms with Crippen molar-refractivity contribution in [1.29, 1.82) is 0 Å². The summed E-state index contributed by atoms with van der Waals surface area (Å²) in [5, 5.41) is 3.43. The average Bonchev–Trinajstić information content (AvgIpc) is 2.77. The molecule has 1 aromatic carbocycles. The van der Waals surface area contributed by atoms with Crippen LogP contribution in [0, 0.1) is 5.82 Å². The minimum absolute atomic E-state index is 0.0149. The molecule has 0 aliphatic heterocycles. The van der Waals surface area contributed by atoms with Gasteiger partial charge in [-0.3, -0.25) is 0 Å². The first kappa shape index (κ1) is 13.3. The molecule has 2 rings (SSSR count). The molecule has 1 aromatic rings. The summed E-state index contributed by atoms with van der Waals surface area (Å²) in [6.07, 6.45) is 4.61. The van der Waals surface area contributed by atoms with Crippen LogP contribution in [0.1, 0.15) is 31.2 Å². The predicted octanol–water partition coefficient (Wildman–Crippen LogP) is 4.23. The van der Waals surface area contributed by atoms with E-state index in [4.69, 9.17) is 11.6 Å². The third-order valence-electron chi connectivity index (χ3n) is 3.49. The van der Waals surface area contributed by atoms with Crippen molar-refractivity contribution in [1.82, 2.24) is 5.32 Å². The summed E-state index contributed by atoms with van der Waals surface area (Å²) in [5.74, 6) is 0.431. The Kier molecular flexibility index (Phi) is 4.45. The molecule has 0 heterocycles. The number of rotatable bonds is 4. The van der Waals surface area contributed by atoms with Gasteiger partial charge in [0, 0.05) is 28.0 Å². The molecule has 0 amide bonds. The smallest absolute Gasteiger partial charge is 0.128 e. The summed E-state index contributed by atoms with van der Waals surface area (Å²) in [6, 6.07) is 5.17. The van der Waals surface area contributed by atoms with Gasteiger partial charge in [-0.2, -0.15) is 0 Å². The third kappa shape index (κ3) is 3.21. The number of halogens is 3. The molecule has 0 unspecified atom stereocenters. The highest BCUT2D eigenvalue weighted by Gasteiger charge is 2.32. The molecule has 0 spiro atoms. The molecule has 0 saturated heterocycles. The zero-order valence-electron chi connectivity index (χ0n) is 9.61. The van der Waals surface area contributed by atoms with Crippen molar-refractivity contribution in [2.45, 2.75) is 37.8 Å². The molecule has 17 heavy (non-hydrogen) atoms. The lowest BCUT2D eigenvalue weighted by Gasteiger charge is -2.28. The van der Waals surface area contributed by atoms with E-state index in [1.165, 1.54) is 18.9 Å². The van der Waals surface area contributed by atoms with Crippen molar-refractivity contribution in [3.8, 4) is 0 Å². The van der Waals surface area contributed by atoms with Crippen LogP contribution in [-0.4, -0.2) is 11.4 Å². The number of hydrogen-bond donors (Lipinski definition) is 1. The fourth-order valence-electron chi connectivity index (χ4n) is 2.36. The third-order valence-corrected chi connectivity index (χ3v) is 4.49. The van der Waals surface area contributed by atoms with Crippen molar-refractivity contribution in [2.24, 2.45) is 0 Å². The summed E-state index contributed by atoms with van der Waals surface area (Å²) in [5.41, 5.74) is 0.714. The molecule has 1 fully saturated rings. The standard InChI is InChI=1S/C13H16BrClFN/c14-11-4-3-10(12(16)7-11)8-17-13(9-15)5-1-2-6-13/h3-4,7,17H,1-2,5-6,8-9H2. The van der Waals surface area contributed by atoms with Gasteiger partial charge >= 0.3 is 0 Å². The van der Waals surface area contributed by atoms with Gasteiger partial charge in [0.1, 0.15) is 5.82 Å². The molecule has 0 radical (unpaired) electrons. The van der Waals surface area contributed by atoms with Gasteiger partial charge in [-0.25, -0.2) is 4.39 Å². The molecule has 1 nitrogen and oxygen atoms in total. The molecule has 0 aromatic heterocycles. The highest BCUT2D eigenvalue weighted by Crippen LogP contribution is 2.31. The van der Waals surface area contributed by atoms with Crippen LogP contribution >= 0.6 is 27.5 Å². The summed E-state index contributed by atoms with van der Waals surface area (Å²) in [7, 11) is 0. The van der Waals surface area contributed by atoms with Crippen molar-refractivity contribution < 1.29 is 4.39 Å². The Hall–Kier alpha value is -0.120. The molecule has 94 valence electrons. The van der Waals surface area contributed by atoms with Crippen LogP contribution in [0.5, 0.6) is 0 Å². The first-order chi connectivity index (χ1) is 8.15. The van der Waals surface area contributed by atoms with Crippen LogP contribution in [0.4, 0.5) is 4.39 Å².